The van der Waals surface area contributed by atoms with Gasteiger partial charge in [0.15, 0.2) is 0 Å². The summed E-state index contributed by atoms with van der Waals surface area (Å²) in [5, 5.41) is 0. The van der Waals surface area contributed by atoms with Gasteiger partial charge in [0.05, 0.1) is 6.17 Å². The Morgan fingerprint density at radius 3 is 1.81 bits per heavy atom. The molecule has 2 heteroatoms. The van der Waals surface area contributed by atoms with Gasteiger partial charge < -0.3 is 0 Å². The molecule has 4 saturated heterocycles. The molecule has 0 aliphatic carbocycles. The molecule has 0 atom stereocenters. The van der Waals surface area contributed by atoms with Gasteiger partial charge >= 0.3 is 0 Å². The van der Waals surface area contributed by atoms with E-state index in [0.717, 1.165) is 0 Å². The van der Waals surface area contributed by atoms with Crippen molar-refractivity contribution in [3.05, 3.63) is 35.4 Å². The van der Waals surface area contributed by atoms with E-state index in [1.807, 2.05) is 0 Å². The highest BCUT2D eigenvalue weighted by Crippen LogP contribution is 2.54. The Balaban J connectivity index is 1.65. The molecule has 0 amide bonds. The molecule has 0 aromatic heterocycles. The highest BCUT2D eigenvalue weighted by Gasteiger charge is 2.56. The first-order valence-corrected chi connectivity index (χ1v) is 8.46. The van der Waals surface area contributed by atoms with Crippen LogP contribution in [0.2, 0.25) is 0 Å². The Morgan fingerprint density at radius 1 is 0.905 bits per heavy atom. The van der Waals surface area contributed by atoms with Crippen molar-refractivity contribution in [2.24, 2.45) is 10.8 Å². The fraction of sp³-hybridized carbons (Fsp3) is 0.684. The van der Waals surface area contributed by atoms with E-state index >= 15 is 0 Å². The molecule has 114 valence electrons. The maximum atomic E-state index is 2.74. The lowest BCUT2D eigenvalue weighted by molar-refractivity contribution is -0.194. The van der Waals surface area contributed by atoms with Crippen molar-refractivity contribution in [2.45, 2.75) is 46.2 Å². The number of hydrogen-bond acceptors (Lipinski definition) is 2. The number of rotatable bonds is 2. The Morgan fingerprint density at radius 2 is 1.38 bits per heavy atom. The molecule has 0 unspecified atom stereocenters. The molecule has 4 aliphatic rings. The van der Waals surface area contributed by atoms with E-state index < -0.39 is 0 Å². The highest BCUT2D eigenvalue weighted by atomic mass is 15.4. The zero-order valence-electron chi connectivity index (χ0n) is 13.9. The van der Waals surface area contributed by atoms with Gasteiger partial charge in [-0.3, -0.25) is 9.80 Å². The molecular weight excluding hydrogens is 256 g/mol. The van der Waals surface area contributed by atoms with Gasteiger partial charge in [-0.25, -0.2) is 0 Å². The maximum Gasteiger partial charge on any atom is 0.0886 e. The van der Waals surface area contributed by atoms with E-state index in [9.17, 15) is 0 Å². The zero-order valence-corrected chi connectivity index (χ0v) is 13.9. The van der Waals surface area contributed by atoms with Gasteiger partial charge in [-0.2, -0.15) is 0 Å². The van der Waals surface area contributed by atoms with Crippen LogP contribution in [-0.2, 0) is 0 Å². The minimum atomic E-state index is 0.514. The lowest BCUT2D eigenvalue weighted by atomic mass is 9.63. The summed E-state index contributed by atoms with van der Waals surface area (Å²) in [6.45, 7) is 14.6. The van der Waals surface area contributed by atoms with E-state index in [2.05, 4.69) is 61.8 Å². The van der Waals surface area contributed by atoms with Gasteiger partial charge in [-0.05, 0) is 34.3 Å². The maximum absolute atomic E-state index is 2.74. The third kappa shape index (κ3) is 2.15. The van der Waals surface area contributed by atoms with E-state index in [0.29, 0.717) is 22.9 Å². The molecule has 21 heavy (non-hydrogen) atoms. The number of benzene rings is 1. The largest absolute Gasteiger partial charge is 0.283 e. The standard InChI is InChI=1S/C19H28N2/c1-14(2)15-5-7-16(8-6-15)17-20-10-18(3)9-19(4,12-20)13-21(17)11-18/h5-8,14,17H,9-13H2,1-4H3. The molecule has 1 aromatic rings. The first kappa shape index (κ1) is 13.8. The van der Waals surface area contributed by atoms with E-state index in [4.69, 9.17) is 0 Å². The molecule has 0 spiro atoms. The second-order valence-corrected chi connectivity index (χ2v) is 8.80. The van der Waals surface area contributed by atoms with Gasteiger partial charge in [0, 0.05) is 26.2 Å². The fourth-order valence-corrected chi connectivity index (χ4v) is 5.48. The van der Waals surface area contributed by atoms with Gasteiger partial charge in [-0.15, -0.1) is 0 Å². The Hall–Kier alpha value is -0.860. The van der Waals surface area contributed by atoms with Crippen LogP contribution in [0, 0.1) is 10.8 Å². The van der Waals surface area contributed by atoms with Crippen LogP contribution >= 0.6 is 0 Å². The quantitative estimate of drug-likeness (QED) is 0.814. The first-order chi connectivity index (χ1) is 9.88. The predicted molar refractivity (Wildman–Crippen MR) is 87.2 cm³/mol. The van der Waals surface area contributed by atoms with Crippen LogP contribution < -0.4 is 0 Å². The van der Waals surface area contributed by atoms with Crippen molar-refractivity contribution in [1.29, 1.82) is 0 Å². The summed E-state index contributed by atoms with van der Waals surface area (Å²) in [6, 6.07) is 9.40. The van der Waals surface area contributed by atoms with Crippen LogP contribution in [0.1, 0.15) is 57.3 Å². The van der Waals surface area contributed by atoms with Crippen molar-refractivity contribution in [2.75, 3.05) is 26.2 Å². The second-order valence-electron chi connectivity index (χ2n) is 8.80. The molecular formula is C19H28N2. The summed E-state index contributed by atoms with van der Waals surface area (Å²) >= 11 is 0. The van der Waals surface area contributed by atoms with Crippen molar-refractivity contribution in [3.63, 3.8) is 0 Å². The summed E-state index contributed by atoms with van der Waals surface area (Å²) in [7, 11) is 0. The zero-order chi connectivity index (χ0) is 14.8. The van der Waals surface area contributed by atoms with Crippen LogP contribution in [0.4, 0.5) is 0 Å². The Kier molecular flexibility index (Phi) is 2.84. The molecule has 4 bridgehead atoms. The van der Waals surface area contributed by atoms with Gasteiger partial charge in [-0.1, -0.05) is 52.0 Å². The summed E-state index contributed by atoms with van der Waals surface area (Å²) < 4.78 is 0. The Labute approximate surface area is 129 Å². The minimum absolute atomic E-state index is 0.514. The van der Waals surface area contributed by atoms with Crippen LogP contribution in [0.15, 0.2) is 24.3 Å². The second kappa shape index (κ2) is 4.33. The molecule has 2 nitrogen and oxygen atoms in total. The van der Waals surface area contributed by atoms with Crippen LogP contribution in [-0.4, -0.2) is 36.0 Å². The minimum Gasteiger partial charge on any atom is -0.283 e. The predicted octanol–water partition coefficient (Wildman–Crippen LogP) is 3.86. The van der Waals surface area contributed by atoms with E-state index in [1.54, 1.807) is 0 Å². The normalized spacial score (nSPS) is 44.5. The summed E-state index contributed by atoms with van der Waals surface area (Å²) in [6.07, 6.45) is 1.93. The van der Waals surface area contributed by atoms with Crippen molar-refractivity contribution in [1.82, 2.24) is 9.80 Å². The molecule has 4 aliphatic heterocycles. The number of hydrogen-bond donors (Lipinski definition) is 0. The SMILES string of the molecule is CC(C)c1ccc(C2N3CC4(C)CN2CC(C)(C3)C4)cc1. The van der Waals surface area contributed by atoms with Crippen molar-refractivity contribution < 1.29 is 0 Å². The van der Waals surface area contributed by atoms with E-state index in [-0.39, 0.29) is 0 Å². The van der Waals surface area contributed by atoms with E-state index in [1.165, 1.54) is 43.7 Å². The number of piperidine rings is 2. The molecule has 0 N–H and O–H groups in total. The summed E-state index contributed by atoms with van der Waals surface area (Å²) in [5.41, 5.74) is 3.97. The third-order valence-electron chi connectivity index (χ3n) is 5.79. The summed E-state index contributed by atoms with van der Waals surface area (Å²) in [4.78, 5) is 5.47. The van der Waals surface area contributed by atoms with Crippen molar-refractivity contribution in [3.8, 4) is 0 Å². The third-order valence-corrected chi connectivity index (χ3v) is 5.79. The monoisotopic (exact) mass is 284 g/mol. The highest BCUT2D eigenvalue weighted by molar-refractivity contribution is 5.28. The van der Waals surface area contributed by atoms with Gasteiger partial charge in [0.1, 0.15) is 0 Å². The molecule has 5 rings (SSSR count). The lowest BCUT2D eigenvalue weighted by Crippen LogP contribution is -2.70. The molecule has 4 heterocycles. The molecule has 0 radical (unpaired) electrons. The molecule has 1 aromatic carbocycles. The average Bonchev–Trinajstić information content (AvgIpc) is 2.35. The molecule has 0 saturated carbocycles. The Bertz CT molecular complexity index is 509. The van der Waals surface area contributed by atoms with Crippen LogP contribution in [0.3, 0.4) is 0 Å². The summed E-state index contributed by atoms with van der Waals surface area (Å²) in [5.74, 6) is 0.621. The van der Waals surface area contributed by atoms with Crippen LogP contribution in [0.25, 0.3) is 0 Å². The lowest BCUT2D eigenvalue weighted by Gasteiger charge is -2.66. The van der Waals surface area contributed by atoms with Crippen molar-refractivity contribution >= 4 is 0 Å². The van der Waals surface area contributed by atoms with Gasteiger partial charge in [0.25, 0.3) is 0 Å². The topological polar surface area (TPSA) is 6.48 Å². The molecule has 4 fully saturated rings. The fourth-order valence-electron chi connectivity index (χ4n) is 5.48. The van der Waals surface area contributed by atoms with Gasteiger partial charge in [0.2, 0.25) is 0 Å². The first-order valence-electron chi connectivity index (χ1n) is 8.46. The number of nitrogens with zero attached hydrogens (tertiary/aromatic N) is 2. The smallest absolute Gasteiger partial charge is 0.0886 e. The average molecular weight is 284 g/mol. The van der Waals surface area contributed by atoms with Crippen LogP contribution in [0.5, 0.6) is 0 Å².